The van der Waals surface area contributed by atoms with Gasteiger partial charge in [-0.3, -0.25) is 19.4 Å². The maximum Gasteiger partial charge on any atom is 0.471 e. The van der Waals surface area contributed by atoms with Gasteiger partial charge in [0, 0.05) is 18.3 Å². The van der Waals surface area contributed by atoms with Gasteiger partial charge in [-0.1, -0.05) is 19.4 Å². The third-order valence-corrected chi connectivity index (χ3v) is 3.03. The summed E-state index contributed by atoms with van der Waals surface area (Å²) in [6, 6.07) is -2.93. The van der Waals surface area contributed by atoms with E-state index >= 15 is 0 Å². The van der Waals surface area contributed by atoms with E-state index in [4.69, 9.17) is 5.11 Å². The lowest BCUT2D eigenvalue weighted by molar-refractivity contribution is -0.174. The molecule has 10 heteroatoms. The third kappa shape index (κ3) is 8.87. The number of hydrogen-bond donors (Lipinski definition) is 3. The van der Waals surface area contributed by atoms with Crippen molar-refractivity contribution in [2.75, 3.05) is 0 Å². The minimum absolute atomic E-state index is 0.291. The zero-order valence-corrected chi connectivity index (χ0v) is 14.2. The van der Waals surface area contributed by atoms with Gasteiger partial charge in [0.15, 0.2) is 0 Å². The molecule has 0 saturated carbocycles. The third-order valence-electron chi connectivity index (χ3n) is 3.03. The Balaban J connectivity index is 5.27. The van der Waals surface area contributed by atoms with Crippen LogP contribution in [0.2, 0.25) is 0 Å². The molecule has 0 rings (SSSR count). The second-order valence-corrected chi connectivity index (χ2v) is 5.18. The molecule has 0 aliphatic rings. The summed E-state index contributed by atoms with van der Waals surface area (Å²) >= 11 is 0. The van der Waals surface area contributed by atoms with Crippen LogP contribution in [0.25, 0.3) is 0 Å². The molecule has 0 saturated heterocycles. The van der Waals surface area contributed by atoms with E-state index in [2.05, 4.69) is 4.99 Å². The summed E-state index contributed by atoms with van der Waals surface area (Å²) in [5, 5.41) is 12.4. The number of aliphatic carboxylic acids is 1. The van der Waals surface area contributed by atoms with Crippen LogP contribution in [0.15, 0.2) is 16.8 Å². The molecule has 7 nitrogen and oxygen atoms in total. The van der Waals surface area contributed by atoms with Gasteiger partial charge in [0.1, 0.15) is 12.1 Å². The number of nitrogens with one attached hydrogen (secondary N) is 2. The Kier molecular flexibility index (Phi) is 9.47. The van der Waals surface area contributed by atoms with Gasteiger partial charge in [-0.05, 0) is 20.3 Å². The van der Waals surface area contributed by atoms with Crippen molar-refractivity contribution < 1.29 is 32.7 Å². The van der Waals surface area contributed by atoms with Gasteiger partial charge in [0.2, 0.25) is 5.91 Å². The molecule has 0 aliphatic heterocycles. The molecule has 3 N–H and O–H groups in total. The van der Waals surface area contributed by atoms with Gasteiger partial charge in [-0.15, -0.1) is 0 Å². The van der Waals surface area contributed by atoms with E-state index in [9.17, 15) is 27.6 Å². The molecular weight excluding hydrogens is 343 g/mol. The molecule has 2 unspecified atom stereocenters. The van der Waals surface area contributed by atoms with E-state index in [0.717, 1.165) is 13.3 Å². The highest BCUT2D eigenvalue weighted by molar-refractivity contribution is 5.91. The Bertz CT molecular complexity index is 545. The SMILES string of the molecule is C/C=C(/CC(NC(=O)C(F)(F)F)C(=O)NC(C)C(=O)O)N=CCCC. The molecule has 2 amide bonds. The molecule has 142 valence electrons. The number of aliphatic imine (C=N–C) groups is 1. The van der Waals surface area contributed by atoms with Crippen LogP contribution in [-0.4, -0.2) is 47.4 Å². The first-order valence-electron chi connectivity index (χ1n) is 7.61. The Morgan fingerprint density at radius 2 is 1.84 bits per heavy atom. The molecule has 25 heavy (non-hydrogen) atoms. The maximum atomic E-state index is 12.4. The van der Waals surface area contributed by atoms with E-state index in [1.807, 2.05) is 12.2 Å². The lowest BCUT2D eigenvalue weighted by Crippen LogP contribution is -2.53. The van der Waals surface area contributed by atoms with Crippen LogP contribution in [0.4, 0.5) is 13.2 Å². The number of nitrogens with zero attached hydrogens (tertiary/aromatic N) is 1. The number of alkyl halides is 3. The summed E-state index contributed by atoms with van der Waals surface area (Å²) in [5.41, 5.74) is 0.291. The molecule has 0 heterocycles. The Labute approximate surface area is 143 Å². The minimum atomic E-state index is -5.17. The highest BCUT2D eigenvalue weighted by Crippen LogP contribution is 2.16. The summed E-state index contributed by atoms with van der Waals surface area (Å²) in [5.74, 6) is -4.69. The molecule has 0 aliphatic carbocycles. The Morgan fingerprint density at radius 1 is 1.24 bits per heavy atom. The summed E-state index contributed by atoms with van der Waals surface area (Å²) in [6.45, 7) is 4.65. The number of carboxylic acids is 1. The van der Waals surface area contributed by atoms with Crippen LogP contribution in [0.3, 0.4) is 0 Å². The highest BCUT2D eigenvalue weighted by Gasteiger charge is 2.41. The molecule has 0 bridgehead atoms. The number of rotatable bonds is 9. The largest absolute Gasteiger partial charge is 0.480 e. The molecule has 0 aromatic rings. The average Bonchev–Trinajstić information content (AvgIpc) is 2.51. The predicted molar refractivity (Wildman–Crippen MR) is 85.0 cm³/mol. The van der Waals surface area contributed by atoms with Crippen molar-refractivity contribution in [3.63, 3.8) is 0 Å². The summed E-state index contributed by atoms with van der Waals surface area (Å²) in [7, 11) is 0. The fourth-order valence-electron chi connectivity index (χ4n) is 1.59. The second kappa shape index (κ2) is 10.5. The molecule has 0 radical (unpaired) electrons. The first kappa shape index (κ1) is 22.6. The summed E-state index contributed by atoms with van der Waals surface area (Å²) in [6.07, 6.45) is -0.984. The van der Waals surface area contributed by atoms with Gasteiger partial charge in [-0.2, -0.15) is 13.2 Å². The average molecular weight is 365 g/mol. The smallest absolute Gasteiger partial charge is 0.471 e. The fraction of sp³-hybridized carbons (Fsp3) is 0.600. The van der Waals surface area contributed by atoms with Crippen LogP contribution < -0.4 is 10.6 Å². The molecular formula is C15H22F3N3O4. The maximum absolute atomic E-state index is 12.4. The van der Waals surface area contributed by atoms with Gasteiger partial charge in [0.25, 0.3) is 0 Å². The van der Waals surface area contributed by atoms with E-state index in [-0.39, 0.29) is 6.42 Å². The van der Waals surface area contributed by atoms with E-state index in [1.165, 1.54) is 6.08 Å². The number of carboxylic acid groups (broad SMARTS) is 1. The van der Waals surface area contributed by atoms with Crippen LogP contribution >= 0.6 is 0 Å². The number of amides is 2. The summed E-state index contributed by atoms with van der Waals surface area (Å²) < 4.78 is 37.3. The van der Waals surface area contributed by atoms with Crippen LogP contribution in [0.1, 0.15) is 40.0 Å². The number of hydrogen-bond acceptors (Lipinski definition) is 4. The quantitative estimate of drug-likeness (QED) is 0.541. The molecule has 0 spiro atoms. The van der Waals surface area contributed by atoms with Crippen molar-refractivity contribution in [2.24, 2.45) is 4.99 Å². The normalized spacial score (nSPS) is 14.9. The summed E-state index contributed by atoms with van der Waals surface area (Å²) in [4.78, 5) is 38.0. The van der Waals surface area contributed by atoms with Crippen molar-refractivity contribution in [3.8, 4) is 0 Å². The van der Waals surface area contributed by atoms with Crippen molar-refractivity contribution in [1.82, 2.24) is 10.6 Å². The van der Waals surface area contributed by atoms with Crippen molar-refractivity contribution in [2.45, 2.75) is 58.3 Å². The number of carbonyl (C=O) groups is 3. The van der Waals surface area contributed by atoms with Gasteiger partial charge in [-0.25, -0.2) is 0 Å². The van der Waals surface area contributed by atoms with E-state index in [1.54, 1.807) is 18.5 Å². The van der Waals surface area contributed by atoms with Crippen molar-refractivity contribution >= 4 is 24.0 Å². The van der Waals surface area contributed by atoms with Crippen LogP contribution in [0.5, 0.6) is 0 Å². The van der Waals surface area contributed by atoms with Crippen LogP contribution in [-0.2, 0) is 14.4 Å². The predicted octanol–water partition coefficient (Wildman–Crippen LogP) is 1.79. The first-order chi connectivity index (χ1) is 11.5. The zero-order chi connectivity index (χ0) is 19.6. The monoisotopic (exact) mass is 365 g/mol. The Hall–Kier alpha value is -2.39. The lowest BCUT2D eigenvalue weighted by Gasteiger charge is -2.20. The standard InChI is InChI=1S/C15H22F3N3O4/c1-4-6-7-19-10(5-2)8-11(21-14(25)15(16,17)18)12(22)20-9(3)13(23)24/h5,7,9,11H,4,6,8H2,1-3H3,(H,20,22)(H,21,25)(H,23,24)/b10-5-,19-7?. The topological polar surface area (TPSA) is 108 Å². The molecule has 0 aromatic carbocycles. The van der Waals surface area contributed by atoms with E-state index in [0.29, 0.717) is 12.1 Å². The number of halogens is 3. The zero-order valence-electron chi connectivity index (χ0n) is 14.2. The van der Waals surface area contributed by atoms with Gasteiger partial charge < -0.3 is 15.7 Å². The van der Waals surface area contributed by atoms with Crippen molar-refractivity contribution in [1.29, 1.82) is 0 Å². The van der Waals surface area contributed by atoms with Crippen LogP contribution in [0, 0.1) is 0 Å². The lowest BCUT2D eigenvalue weighted by atomic mass is 10.1. The minimum Gasteiger partial charge on any atom is -0.480 e. The second-order valence-electron chi connectivity index (χ2n) is 5.18. The number of carbonyl (C=O) groups excluding carboxylic acids is 2. The van der Waals surface area contributed by atoms with Gasteiger partial charge >= 0.3 is 18.1 Å². The van der Waals surface area contributed by atoms with Crippen molar-refractivity contribution in [3.05, 3.63) is 11.8 Å². The molecule has 2 atom stereocenters. The molecule has 0 aromatic heterocycles. The van der Waals surface area contributed by atoms with E-state index < -0.39 is 36.0 Å². The van der Waals surface area contributed by atoms with Gasteiger partial charge in [0.05, 0.1) is 0 Å². The molecule has 0 fully saturated rings. The fourth-order valence-corrected chi connectivity index (χ4v) is 1.59. The Morgan fingerprint density at radius 3 is 2.28 bits per heavy atom. The number of unbranched alkanes of at least 4 members (excludes halogenated alkanes) is 1. The highest BCUT2D eigenvalue weighted by atomic mass is 19.4. The first-order valence-corrected chi connectivity index (χ1v) is 7.61. The number of allylic oxidation sites excluding steroid dienone is 1.